The van der Waals surface area contributed by atoms with Gasteiger partial charge in [-0.2, -0.15) is 0 Å². The average Bonchev–Trinajstić information content (AvgIpc) is 2.49. The molecule has 100 valence electrons. The summed E-state index contributed by atoms with van der Waals surface area (Å²) in [6.45, 7) is 7.89. The number of aryl methyl sites for hydroxylation is 1. The lowest BCUT2D eigenvalue weighted by molar-refractivity contribution is 1.47. The molecule has 0 heteroatoms. The third-order valence-corrected chi connectivity index (χ3v) is 3.30. The molecule has 0 fully saturated rings. The third kappa shape index (κ3) is 3.36. The Kier molecular flexibility index (Phi) is 4.73. The number of benzene rings is 2. The van der Waals surface area contributed by atoms with Crippen molar-refractivity contribution in [2.24, 2.45) is 0 Å². The predicted octanol–water partition coefficient (Wildman–Crippen LogP) is 5.81. The fraction of sp³-hybridized carbons (Fsp3) is 0.100. The highest BCUT2D eigenvalue weighted by Crippen LogP contribution is 2.24. The molecule has 2 rings (SSSR count). The zero-order valence-electron chi connectivity index (χ0n) is 12.1. The van der Waals surface area contributed by atoms with Crippen molar-refractivity contribution >= 4 is 5.57 Å². The van der Waals surface area contributed by atoms with E-state index in [1.165, 1.54) is 27.8 Å². The van der Waals surface area contributed by atoms with Crippen LogP contribution in [0.3, 0.4) is 0 Å². The first kappa shape index (κ1) is 14.1. The first-order chi connectivity index (χ1) is 9.74. The van der Waals surface area contributed by atoms with Crippen LogP contribution in [0, 0.1) is 6.92 Å². The average molecular weight is 260 g/mol. The van der Waals surface area contributed by atoms with E-state index in [1.807, 2.05) is 6.08 Å². The fourth-order valence-electron chi connectivity index (χ4n) is 2.16. The minimum absolute atomic E-state index is 1.21. The summed E-state index contributed by atoms with van der Waals surface area (Å²) in [4.78, 5) is 0. The second kappa shape index (κ2) is 6.72. The lowest BCUT2D eigenvalue weighted by atomic mass is 9.98. The molecule has 2 aromatic carbocycles. The molecule has 0 N–H and O–H groups in total. The highest BCUT2D eigenvalue weighted by molar-refractivity contribution is 5.77. The molecule has 2 aromatic rings. The zero-order chi connectivity index (χ0) is 14.4. The molecule has 0 aliphatic carbocycles. The van der Waals surface area contributed by atoms with Crippen LogP contribution in [0.25, 0.3) is 16.7 Å². The van der Waals surface area contributed by atoms with Crippen LogP contribution in [0.4, 0.5) is 0 Å². The molecular formula is C20H20. The maximum Gasteiger partial charge on any atom is -0.0178 e. The van der Waals surface area contributed by atoms with Gasteiger partial charge in [0, 0.05) is 0 Å². The normalized spacial score (nSPS) is 11.8. The summed E-state index contributed by atoms with van der Waals surface area (Å²) < 4.78 is 0. The highest BCUT2D eigenvalue weighted by atomic mass is 14.1. The van der Waals surface area contributed by atoms with Crippen molar-refractivity contribution in [3.63, 3.8) is 0 Å². The Bertz CT molecular complexity index is 640. The Morgan fingerprint density at radius 2 is 1.75 bits per heavy atom. The number of allylic oxidation sites excluding steroid dienone is 5. The summed E-state index contributed by atoms with van der Waals surface area (Å²) in [6, 6.07) is 17.3. The molecule has 0 amide bonds. The molecule has 0 unspecified atom stereocenters. The Balaban J connectivity index is 2.39. The van der Waals surface area contributed by atoms with Crippen LogP contribution >= 0.6 is 0 Å². The largest absolute Gasteiger partial charge is 0.0991 e. The zero-order valence-corrected chi connectivity index (χ0v) is 12.1. The Hall–Kier alpha value is -2.34. The van der Waals surface area contributed by atoms with Crippen LogP contribution < -0.4 is 0 Å². The topological polar surface area (TPSA) is 0 Å². The molecule has 0 aromatic heterocycles. The van der Waals surface area contributed by atoms with Crippen molar-refractivity contribution in [1.29, 1.82) is 0 Å². The minimum atomic E-state index is 1.21. The van der Waals surface area contributed by atoms with Crippen molar-refractivity contribution in [1.82, 2.24) is 0 Å². The molecule has 0 aliphatic heterocycles. The van der Waals surface area contributed by atoms with Gasteiger partial charge in [0.1, 0.15) is 0 Å². The summed E-state index contributed by atoms with van der Waals surface area (Å²) in [5.74, 6) is 0. The van der Waals surface area contributed by atoms with E-state index in [9.17, 15) is 0 Å². The molecule has 20 heavy (non-hydrogen) atoms. The van der Waals surface area contributed by atoms with E-state index < -0.39 is 0 Å². The van der Waals surface area contributed by atoms with E-state index in [2.05, 4.69) is 81.1 Å². The van der Waals surface area contributed by atoms with E-state index in [0.717, 1.165) is 0 Å². The van der Waals surface area contributed by atoms with Crippen LogP contribution in [0.15, 0.2) is 79.4 Å². The molecule has 0 spiro atoms. The summed E-state index contributed by atoms with van der Waals surface area (Å²) >= 11 is 0. The van der Waals surface area contributed by atoms with E-state index in [4.69, 9.17) is 0 Å². The number of hydrogen-bond donors (Lipinski definition) is 0. The van der Waals surface area contributed by atoms with Crippen LogP contribution in [0.5, 0.6) is 0 Å². The van der Waals surface area contributed by atoms with Crippen molar-refractivity contribution in [3.8, 4) is 11.1 Å². The minimum Gasteiger partial charge on any atom is -0.0991 e. The molecule has 0 nitrogen and oxygen atoms in total. The number of hydrogen-bond acceptors (Lipinski definition) is 0. The van der Waals surface area contributed by atoms with Gasteiger partial charge in [-0.05, 0) is 42.2 Å². The first-order valence-corrected chi connectivity index (χ1v) is 6.87. The molecule has 0 saturated carbocycles. The Morgan fingerprint density at radius 1 is 1.00 bits per heavy atom. The third-order valence-electron chi connectivity index (χ3n) is 3.30. The maximum atomic E-state index is 3.72. The molecule has 0 atom stereocenters. The van der Waals surface area contributed by atoms with E-state index >= 15 is 0 Å². The lowest BCUT2D eigenvalue weighted by Gasteiger charge is -2.07. The van der Waals surface area contributed by atoms with Crippen LogP contribution in [0.1, 0.15) is 18.1 Å². The van der Waals surface area contributed by atoms with E-state index in [-0.39, 0.29) is 0 Å². The van der Waals surface area contributed by atoms with Crippen molar-refractivity contribution < 1.29 is 0 Å². The monoisotopic (exact) mass is 260 g/mol. The van der Waals surface area contributed by atoms with Gasteiger partial charge in [0.25, 0.3) is 0 Å². The summed E-state index contributed by atoms with van der Waals surface area (Å²) in [5, 5.41) is 0. The van der Waals surface area contributed by atoms with Crippen LogP contribution in [-0.4, -0.2) is 0 Å². The molecule has 0 saturated heterocycles. The van der Waals surface area contributed by atoms with Gasteiger partial charge in [0.05, 0.1) is 0 Å². The Morgan fingerprint density at radius 3 is 2.40 bits per heavy atom. The smallest absolute Gasteiger partial charge is 0.0178 e. The highest BCUT2D eigenvalue weighted by Gasteiger charge is 2.01. The van der Waals surface area contributed by atoms with Gasteiger partial charge in [0.15, 0.2) is 0 Å². The van der Waals surface area contributed by atoms with Gasteiger partial charge >= 0.3 is 0 Å². The second-order valence-corrected chi connectivity index (χ2v) is 4.79. The molecule has 0 radical (unpaired) electrons. The van der Waals surface area contributed by atoms with Crippen molar-refractivity contribution in [2.45, 2.75) is 13.8 Å². The van der Waals surface area contributed by atoms with Gasteiger partial charge in [-0.15, -0.1) is 0 Å². The standard InChI is InChI=1S/C20H20/c1-4-6-8-17(5-2)19-9-7-10-20(15-19)18-13-11-16(3)12-14-18/h4-15H,1H2,2-3H3/b8-6-,17-5+. The van der Waals surface area contributed by atoms with Gasteiger partial charge in [-0.25, -0.2) is 0 Å². The summed E-state index contributed by atoms with van der Waals surface area (Å²) in [5.41, 5.74) is 6.21. The molecule has 0 heterocycles. The molecule has 0 aliphatic rings. The quantitative estimate of drug-likeness (QED) is 0.609. The van der Waals surface area contributed by atoms with Crippen LogP contribution in [-0.2, 0) is 0 Å². The molecule has 0 bridgehead atoms. The van der Waals surface area contributed by atoms with Gasteiger partial charge in [-0.1, -0.05) is 78.9 Å². The van der Waals surface area contributed by atoms with Crippen molar-refractivity contribution in [3.05, 3.63) is 90.5 Å². The lowest BCUT2D eigenvalue weighted by Crippen LogP contribution is -1.84. The second-order valence-electron chi connectivity index (χ2n) is 4.79. The fourth-order valence-corrected chi connectivity index (χ4v) is 2.16. The first-order valence-electron chi connectivity index (χ1n) is 6.87. The van der Waals surface area contributed by atoms with Gasteiger partial charge < -0.3 is 0 Å². The SMILES string of the molecule is C=C/C=C\C(=C/C)c1cccc(-c2ccc(C)cc2)c1. The summed E-state index contributed by atoms with van der Waals surface area (Å²) in [6.07, 6.45) is 7.97. The van der Waals surface area contributed by atoms with Crippen LogP contribution in [0.2, 0.25) is 0 Å². The predicted molar refractivity (Wildman–Crippen MR) is 89.6 cm³/mol. The van der Waals surface area contributed by atoms with E-state index in [1.54, 1.807) is 6.08 Å². The Labute approximate surface area is 121 Å². The summed E-state index contributed by atoms with van der Waals surface area (Å²) in [7, 11) is 0. The van der Waals surface area contributed by atoms with Gasteiger partial charge in [-0.3, -0.25) is 0 Å². The van der Waals surface area contributed by atoms with E-state index in [0.29, 0.717) is 0 Å². The number of rotatable bonds is 4. The molecular weight excluding hydrogens is 240 g/mol. The van der Waals surface area contributed by atoms with Gasteiger partial charge in [0.2, 0.25) is 0 Å². The maximum absolute atomic E-state index is 3.72. The van der Waals surface area contributed by atoms with Crippen molar-refractivity contribution in [2.75, 3.05) is 0 Å².